The van der Waals surface area contributed by atoms with Gasteiger partial charge in [-0.15, -0.1) is 0 Å². The van der Waals surface area contributed by atoms with E-state index in [1.807, 2.05) is 6.92 Å². The molecule has 18 heavy (non-hydrogen) atoms. The average molecular weight is 244 g/mol. The van der Waals surface area contributed by atoms with Crippen LogP contribution in [0.4, 0.5) is 4.39 Å². The van der Waals surface area contributed by atoms with Gasteiger partial charge >= 0.3 is 0 Å². The van der Waals surface area contributed by atoms with E-state index in [9.17, 15) is 9.18 Å². The van der Waals surface area contributed by atoms with Crippen molar-refractivity contribution in [3.63, 3.8) is 0 Å². The Balaban J connectivity index is 2.13. The summed E-state index contributed by atoms with van der Waals surface area (Å²) in [6.07, 6.45) is 0.476. The molecule has 0 unspecified atom stereocenters. The van der Waals surface area contributed by atoms with E-state index in [0.717, 1.165) is 0 Å². The van der Waals surface area contributed by atoms with Gasteiger partial charge in [0.25, 0.3) is 0 Å². The van der Waals surface area contributed by atoms with Crippen molar-refractivity contribution >= 4 is 5.78 Å². The predicted molar refractivity (Wildman–Crippen MR) is 67.5 cm³/mol. The van der Waals surface area contributed by atoms with Gasteiger partial charge < -0.3 is 4.74 Å². The largest absolute Gasteiger partial charge is 0.457 e. The SMILES string of the molecule is CCC(=O)c1ccc(Oc2cccc(F)c2)cc1. The molecule has 0 bridgehead atoms. The summed E-state index contributed by atoms with van der Waals surface area (Å²) in [7, 11) is 0. The molecule has 0 aromatic heterocycles. The second-order valence-corrected chi connectivity index (χ2v) is 3.86. The highest BCUT2D eigenvalue weighted by Gasteiger charge is 2.03. The van der Waals surface area contributed by atoms with Gasteiger partial charge in [-0.25, -0.2) is 4.39 Å². The summed E-state index contributed by atoms with van der Waals surface area (Å²) < 4.78 is 18.4. The number of Topliss-reactive ketones (excluding diaryl/α,β-unsaturated/α-hetero) is 1. The Morgan fingerprint density at radius 2 is 1.83 bits per heavy atom. The van der Waals surface area contributed by atoms with E-state index in [1.165, 1.54) is 12.1 Å². The first-order chi connectivity index (χ1) is 8.69. The summed E-state index contributed by atoms with van der Waals surface area (Å²) in [4.78, 5) is 11.4. The molecule has 0 atom stereocenters. The summed E-state index contributed by atoms with van der Waals surface area (Å²) in [5, 5.41) is 0. The van der Waals surface area contributed by atoms with Gasteiger partial charge in [-0.05, 0) is 36.4 Å². The van der Waals surface area contributed by atoms with Gasteiger partial charge in [0.05, 0.1) is 0 Å². The Hall–Kier alpha value is -2.16. The number of carbonyl (C=O) groups excluding carboxylic acids is 1. The molecule has 0 aliphatic rings. The van der Waals surface area contributed by atoms with Crippen LogP contribution in [-0.4, -0.2) is 5.78 Å². The molecule has 3 heteroatoms. The number of ether oxygens (including phenoxy) is 1. The molecule has 2 rings (SSSR count). The molecule has 0 radical (unpaired) electrons. The quantitative estimate of drug-likeness (QED) is 0.753. The lowest BCUT2D eigenvalue weighted by atomic mass is 10.1. The van der Waals surface area contributed by atoms with E-state index in [-0.39, 0.29) is 11.6 Å². The Kier molecular flexibility index (Phi) is 3.72. The smallest absolute Gasteiger partial charge is 0.162 e. The minimum Gasteiger partial charge on any atom is -0.457 e. The number of ketones is 1. The van der Waals surface area contributed by atoms with Crippen LogP contribution in [0, 0.1) is 5.82 Å². The molecule has 0 aliphatic heterocycles. The van der Waals surface area contributed by atoms with E-state index in [4.69, 9.17) is 4.74 Å². The number of rotatable bonds is 4. The van der Waals surface area contributed by atoms with Gasteiger partial charge in [0, 0.05) is 18.1 Å². The fraction of sp³-hybridized carbons (Fsp3) is 0.133. The monoisotopic (exact) mass is 244 g/mol. The molecule has 2 nitrogen and oxygen atoms in total. The van der Waals surface area contributed by atoms with E-state index < -0.39 is 0 Å². The average Bonchev–Trinajstić information content (AvgIpc) is 2.39. The van der Waals surface area contributed by atoms with E-state index in [0.29, 0.717) is 23.5 Å². The molecule has 0 aliphatic carbocycles. The first-order valence-corrected chi connectivity index (χ1v) is 5.75. The van der Waals surface area contributed by atoms with Crippen LogP contribution in [0.2, 0.25) is 0 Å². The maximum absolute atomic E-state index is 13.0. The highest BCUT2D eigenvalue weighted by molar-refractivity contribution is 5.95. The molecule has 0 heterocycles. The zero-order valence-corrected chi connectivity index (χ0v) is 10.0. The summed E-state index contributed by atoms with van der Waals surface area (Å²) in [6, 6.07) is 12.7. The Morgan fingerprint density at radius 1 is 1.11 bits per heavy atom. The highest BCUT2D eigenvalue weighted by Crippen LogP contribution is 2.22. The normalized spacial score (nSPS) is 10.1. The predicted octanol–water partition coefficient (Wildman–Crippen LogP) is 4.21. The van der Waals surface area contributed by atoms with Crippen molar-refractivity contribution in [1.82, 2.24) is 0 Å². The zero-order valence-electron chi connectivity index (χ0n) is 10.0. The van der Waals surface area contributed by atoms with Crippen LogP contribution in [0.3, 0.4) is 0 Å². The molecular weight excluding hydrogens is 231 g/mol. The molecule has 0 spiro atoms. The van der Waals surface area contributed by atoms with Gasteiger partial charge in [0.15, 0.2) is 5.78 Å². The van der Waals surface area contributed by atoms with E-state index in [1.54, 1.807) is 36.4 Å². The van der Waals surface area contributed by atoms with Crippen molar-refractivity contribution < 1.29 is 13.9 Å². The van der Waals surface area contributed by atoms with Crippen LogP contribution in [0.15, 0.2) is 48.5 Å². The molecule has 0 saturated heterocycles. The van der Waals surface area contributed by atoms with Crippen molar-refractivity contribution in [1.29, 1.82) is 0 Å². The third-order valence-corrected chi connectivity index (χ3v) is 2.53. The highest BCUT2D eigenvalue weighted by atomic mass is 19.1. The Morgan fingerprint density at radius 3 is 2.44 bits per heavy atom. The molecule has 92 valence electrons. The molecular formula is C15H13FO2. The van der Waals surface area contributed by atoms with E-state index in [2.05, 4.69) is 0 Å². The number of hydrogen-bond donors (Lipinski definition) is 0. The maximum atomic E-state index is 13.0. The van der Waals surface area contributed by atoms with Gasteiger partial charge in [0.1, 0.15) is 17.3 Å². The van der Waals surface area contributed by atoms with Crippen LogP contribution >= 0.6 is 0 Å². The number of hydrogen-bond acceptors (Lipinski definition) is 2. The molecule has 2 aromatic carbocycles. The standard InChI is InChI=1S/C15H13FO2/c1-2-15(17)11-6-8-13(9-7-11)18-14-5-3-4-12(16)10-14/h3-10H,2H2,1H3. The van der Waals surface area contributed by atoms with Crippen LogP contribution in [0.1, 0.15) is 23.7 Å². The van der Waals surface area contributed by atoms with Crippen molar-refractivity contribution in [2.75, 3.05) is 0 Å². The van der Waals surface area contributed by atoms with Crippen molar-refractivity contribution in [3.05, 3.63) is 59.9 Å². The second-order valence-electron chi connectivity index (χ2n) is 3.86. The number of carbonyl (C=O) groups is 1. The first-order valence-electron chi connectivity index (χ1n) is 5.75. The fourth-order valence-corrected chi connectivity index (χ4v) is 1.58. The van der Waals surface area contributed by atoms with Gasteiger partial charge in [-0.1, -0.05) is 13.0 Å². The lowest BCUT2D eigenvalue weighted by Crippen LogP contribution is -1.95. The van der Waals surface area contributed by atoms with Crippen LogP contribution in [0.5, 0.6) is 11.5 Å². The maximum Gasteiger partial charge on any atom is 0.162 e. The second kappa shape index (κ2) is 5.45. The van der Waals surface area contributed by atoms with Crippen LogP contribution < -0.4 is 4.74 Å². The first kappa shape index (κ1) is 12.3. The fourth-order valence-electron chi connectivity index (χ4n) is 1.58. The summed E-state index contributed by atoms with van der Waals surface area (Å²) in [5.74, 6) is 0.760. The number of halogens is 1. The van der Waals surface area contributed by atoms with Crippen LogP contribution in [-0.2, 0) is 0 Å². The van der Waals surface area contributed by atoms with Gasteiger partial charge in [-0.3, -0.25) is 4.79 Å². The summed E-state index contributed by atoms with van der Waals surface area (Å²) in [5.41, 5.74) is 0.657. The number of benzene rings is 2. The molecule has 0 amide bonds. The van der Waals surface area contributed by atoms with Gasteiger partial charge in [-0.2, -0.15) is 0 Å². The molecule has 2 aromatic rings. The summed E-state index contributed by atoms with van der Waals surface area (Å²) >= 11 is 0. The van der Waals surface area contributed by atoms with Crippen LogP contribution in [0.25, 0.3) is 0 Å². The van der Waals surface area contributed by atoms with Crippen molar-refractivity contribution in [3.8, 4) is 11.5 Å². The van der Waals surface area contributed by atoms with Crippen molar-refractivity contribution in [2.24, 2.45) is 0 Å². The summed E-state index contributed by atoms with van der Waals surface area (Å²) in [6.45, 7) is 1.82. The van der Waals surface area contributed by atoms with Gasteiger partial charge in [0.2, 0.25) is 0 Å². The Bertz CT molecular complexity index is 547. The lowest BCUT2D eigenvalue weighted by molar-refractivity contribution is 0.0988. The van der Waals surface area contributed by atoms with Crippen molar-refractivity contribution in [2.45, 2.75) is 13.3 Å². The molecule has 0 fully saturated rings. The van der Waals surface area contributed by atoms with E-state index >= 15 is 0 Å². The third kappa shape index (κ3) is 2.94. The topological polar surface area (TPSA) is 26.3 Å². The minimum absolute atomic E-state index is 0.0901. The Labute approximate surface area is 105 Å². The minimum atomic E-state index is -0.342. The zero-order chi connectivity index (χ0) is 13.0. The molecule has 0 saturated carbocycles. The lowest BCUT2D eigenvalue weighted by Gasteiger charge is -2.06. The third-order valence-electron chi connectivity index (χ3n) is 2.53. The molecule has 0 N–H and O–H groups in total.